The van der Waals surface area contributed by atoms with E-state index in [1.54, 1.807) is 22.2 Å². The Morgan fingerprint density at radius 2 is 1.85 bits per heavy atom. The average molecular weight is 412 g/mol. The van der Waals surface area contributed by atoms with Crippen molar-refractivity contribution in [2.45, 2.75) is 0 Å². The highest BCUT2D eigenvalue weighted by Gasteiger charge is 2.13. The summed E-state index contributed by atoms with van der Waals surface area (Å²) in [6.45, 7) is 0. The van der Waals surface area contributed by atoms with Crippen LogP contribution in [0.3, 0.4) is 0 Å². The van der Waals surface area contributed by atoms with E-state index in [0.717, 1.165) is 25.1 Å². The molecule has 0 aliphatic rings. The molecule has 100 valence electrons. The Labute approximate surface area is 136 Å². The van der Waals surface area contributed by atoms with Crippen LogP contribution in [-0.2, 0) is 0 Å². The van der Waals surface area contributed by atoms with Crippen LogP contribution < -0.4 is 0 Å². The first-order valence-electron chi connectivity index (χ1n) is 5.74. The van der Waals surface area contributed by atoms with Crippen LogP contribution in [0.1, 0.15) is 10.4 Å². The van der Waals surface area contributed by atoms with Gasteiger partial charge in [-0.3, -0.25) is 4.79 Å². The summed E-state index contributed by atoms with van der Waals surface area (Å²) in [5.74, 6) is 0. The molecule has 0 saturated heterocycles. The maximum atomic E-state index is 11.2. The number of rotatable bonds is 3. The van der Waals surface area contributed by atoms with Crippen LogP contribution in [0, 0.1) is 0 Å². The van der Waals surface area contributed by atoms with Crippen molar-refractivity contribution in [2.75, 3.05) is 0 Å². The van der Waals surface area contributed by atoms with E-state index in [-0.39, 0.29) is 0 Å². The predicted molar refractivity (Wildman–Crippen MR) is 87.7 cm³/mol. The third-order valence-electron chi connectivity index (χ3n) is 2.77. The number of aromatic nitrogens is 2. The molecule has 3 rings (SSSR count). The molecule has 2 aromatic heterocycles. The molecule has 2 heterocycles. The second kappa shape index (κ2) is 5.63. The topological polar surface area (TPSA) is 34.9 Å². The van der Waals surface area contributed by atoms with Gasteiger partial charge in [-0.25, -0.2) is 4.68 Å². The Hall–Kier alpha value is -1.24. The second-order valence-corrected chi connectivity index (χ2v) is 7.45. The number of thiophene rings is 1. The molecule has 0 unspecified atom stereocenters. The van der Waals surface area contributed by atoms with Gasteiger partial charge < -0.3 is 0 Å². The summed E-state index contributed by atoms with van der Waals surface area (Å²) in [5.41, 5.74) is 2.21. The van der Waals surface area contributed by atoms with Gasteiger partial charge >= 0.3 is 0 Å². The monoisotopic (exact) mass is 410 g/mol. The highest BCUT2D eigenvalue weighted by atomic mass is 79.9. The summed E-state index contributed by atoms with van der Waals surface area (Å²) in [6.07, 6.45) is 2.59. The molecule has 0 aliphatic heterocycles. The number of nitrogens with zero attached hydrogens (tertiary/aromatic N) is 2. The molecule has 0 amide bonds. The molecule has 0 atom stereocenters. The highest BCUT2D eigenvalue weighted by Crippen LogP contribution is 2.32. The van der Waals surface area contributed by atoms with Crippen molar-refractivity contribution < 1.29 is 4.79 Å². The van der Waals surface area contributed by atoms with Crippen molar-refractivity contribution in [1.29, 1.82) is 0 Å². The first-order valence-corrected chi connectivity index (χ1v) is 8.14. The summed E-state index contributed by atoms with van der Waals surface area (Å²) in [5, 5.41) is 4.52. The van der Waals surface area contributed by atoms with Gasteiger partial charge in [-0.2, -0.15) is 5.10 Å². The summed E-state index contributed by atoms with van der Waals surface area (Å²) < 4.78 is 3.74. The number of carbonyl (C=O) groups excluding carboxylic acids is 1. The summed E-state index contributed by atoms with van der Waals surface area (Å²) >= 11 is 8.38. The van der Waals surface area contributed by atoms with E-state index in [4.69, 9.17) is 0 Å². The number of aldehydes is 1. The maximum Gasteiger partial charge on any atom is 0.153 e. The molecule has 0 radical (unpaired) electrons. The zero-order valence-electron chi connectivity index (χ0n) is 10.1. The minimum Gasteiger partial charge on any atom is -0.298 e. The van der Waals surface area contributed by atoms with E-state index < -0.39 is 0 Å². The Morgan fingerprint density at radius 1 is 1.10 bits per heavy atom. The second-order valence-electron chi connectivity index (χ2n) is 4.08. The largest absolute Gasteiger partial charge is 0.298 e. The van der Waals surface area contributed by atoms with Gasteiger partial charge in [0.1, 0.15) is 5.69 Å². The Balaban J connectivity index is 2.09. The lowest BCUT2D eigenvalue weighted by Crippen LogP contribution is -1.93. The van der Waals surface area contributed by atoms with E-state index in [2.05, 4.69) is 37.0 Å². The van der Waals surface area contributed by atoms with Crippen LogP contribution in [0.4, 0.5) is 0 Å². The summed E-state index contributed by atoms with van der Waals surface area (Å²) in [6, 6.07) is 11.7. The van der Waals surface area contributed by atoms with Gasteiger partial charge in [-0.1, -0.05) is 15.9 Å². The van der Waals surface area contributed by atoms with Gasteiger partial charge in [0.15, 0.2) is 6.29 Å². The Morgan fingerprint density at radius 3 is 2.45 bits per heavy atom. The molecule has 0 N–H and O–H groups in total. The molecular formula is C14H8Br2N2OS. The van der Waals surface area contributed by atoms with Crippen LogP contribution in [0.25, 0.3) is 16.3 Å². The van der Waals surface area contributed by atoms with Crippen molar-refractivity contribution in [2.24, 2.45) is 0 Å². The molecule has 3 aromatic rings. The first kappa shape index (κ1) is 13.7. The molecule has 1 aromatic carbocycles. The third kappa shape index (κ3) is 2.63. The van der Waals surface area contributed by atoms with E-state index in [1.807, 2.05) is 36.4 Å². The molecule has 6 heteroatoms. The number of hydrogen-bond donors (Lipinski definition) is 0. The van der Waals surface area contributed by atoms with Gasteiger partial charge in [0.05, 0.1) is 19.9 Å². The number of benzene rings is 1. The molecule has 20 heavy (non-hydrogen) atoms. The fourth-order valence-corrected chi connectivity index (χ4v) is 3.49. The molecular weight excluding hydrogens is 404 g/mol. The van der Waals surface area contributed by atoms with Crippen LogP contribution >= 0.6 is 43.2 Å². The van der Waals surface area contributed by atoms with Crippen molar-refractivity contribution in [3.05, 3.63) is 56.4 Å². The Kier molecular flexibility index (Phi) is 3.87. The number of carbonyl (C=O) groups is 1. The van der Waals surface area contributed by atoms with E-state index in [1.165, 1.54) is 0 Å². The quantitative estimate of drug-likeness (QED) is 0.572. The molecule has 0 saturated carbocycles. The zero-order valence-corrected chi connectivity index (χ0v) is 14.1. The normalized spacial score (nSPS) is 10.7. The lowest BCUT2D eigenvalue weighted by molar-refractivity contribution is 0.112. The SMILES string of the molecule is O=Cc1cn(-c2ccc(Br)cc2)nc1-c1ccc(Br)s1. The fourth-order valence-electron chi connectivity index (χ4n) is 1.83. The lowest BCUT2D eigenvalue weighted by atomic mass is 10.2. The van der Waals surface area contributed by atoms with E-state index in [0.29, 0.717) is 11.3 Å². The number of hydrogen-bond acceptors (Lipinski definition) is 3. The summed E-state index contributed by atoms with van der Waals surface area (Å²) in [4.78, 5) is 12.2. The Bertz CT molecular complexity index is 762. The van der Waals surface area contributed by atoms with Crippen LogP contribution in [0.2, 0.25) is 0 Å². The lowest BCUT2D eigenvalue weighted by Gasteiger charge is -2.00. The zero-order chi connectivity index (χ0) is 14.1. The van der Waals surface area contributed by atoms with Gasteiger partial charge in [0.25, 0.3) is 0 Å². The van der Waals surface area contributed by atoms with Crippen LogP contribution in [0.15, 0.2) is 50.9 Å². The minimum atomic E-state index is 0.585. The van der Waals surface area contributed by atoms with Crippen LogP contribution in [0.5, 0.6) is 0 Å². The van der Waals surface area contributed by atoms with Crippen molar-refractivity contribution >= 4 is 49.5 Å². The summed E-state index contributed by atoms with van der Waals surface area (Å²) in [7, 11) is 0. The average Bonchev–Trinajstić information content (AvgIpc) is 3.05. The van der Waals surface area contributed by atoms with Gasteiger partial charge in [-0.15, -0.1) is 11.3 Å². The maximum absolute atomic E-state index is 11.2. The number of halogens is 2. The molecule has 0 spiro atoms. The predicted octanol–water partition coefficient (Wildman–Crippen LogP) is 4.94. The van der Waals surface area contributed by atoms with Gasteiger partial charge in [0.2, 0.25) is 0 Å². The molecule has 0 aliphatic carbocycles. The molecule has 0 fully saturated rings. The third-order valence-corrected chi connectivity index (χ3v) is 4.93. The highest BCUT2D eigenvalue weighted by molar-refractivity contribution is 9.11. The van der Waals surface area contributed by atoms with Crippen LogP contribution in [-0.4, -0.2) is 16.1 Å². The van der Waals surface area contributed by atoms with Crippen molar-refractivity contribution in [3.63, 3.8) is 0 Å². The smallest absolute Gasteiger partial charge is 0.153 e. The van der Waals surface area contributed by atoms with Gasteiger partial charge in [-0.05, 0) is 52.3 Å². The fraction of sp³-hybridized carbons (Fsp3) is 0. The molecule has 0 bridgehead atoms. The van der Waals surface area contributed by atoms with E-state index in [9.17, 15) is 4.79 Å². The minimum absolute atomic E-state index is 0.585. The van der Waals surface area contributed by atoms with Crippen molar-refractivity contribution in [1.82, 2.24) is 9.78 Å². The van der Waals surface area contributed by atoms with E-state index >= 15 is 0 Å². The molecule has 3 nitrogen and oxygen atoms in total. The van der Waals surface area contributed by atoms with Crippen molar-refractivity contribution in [3.8, 4) is 16.3 Å². The standard InChI is InChI=1S/C14H8Br2N2OS/c15-10-1-3-11(4-2-10)18-7-9(8-19)14(17-18)12-5-6-13(16)20-12/h1-8H. The van der Waals surface area contributed by atoms with Gasteiger partial charge in [0, 0.05) is 10.7 Å². The first-order chi connectivity index (χ1) is 9.67.